The summed E-state index contributed by atoms with van der Waals surface area (Å²) in [5.74, 6) is -0.713. The molecule has 0 amide bonds. The fourth-order valence-electron chi connectivity index (χ4n) is 2.98. The highest BCUT2D eigenvalue weighted by Gasteiger charge is 2.40. The molecule has 1 fully saturated rings. The van der Waals surface area contributed by atoms with Crippen LogP contribution in [0.25, 0.3) is 0 Å². The van der Waals surface area contributed by atoms with Gasteiger partial charge in [-0.25, -0.2) is 0 Å². The van der Waals surface area contributed by atoms with Gasteiger partial charge in [0.15, 0.2) is 0 Å². The quantitative estimate of drug-likeness (QED) is 0.317. The average molecular weight is 330 g/mol. The molecular weight excluding hydrogens is 296 g/mol. The summed E-state index contributed by atoms with van der Waals surface area (Å²) in [7, 11) is 0. The minimum atomic E-state index is -0.713. The van der Waals surface area contributed by atoms with Gasteiger partial charge in [-0.2, -0.15) is 0 Å². The number of aliphatic hydroxyl groups is 2. The van der Waals surface area contributed by atoms with Crippen molar-refractivity contribution < 1.29 is 24.9 Å². The molecule has 1 heterocycles. The number of aliphatic hydroxyl groups excluding tert-OH is 2. The largest absolute Gasteiger partial charge is 0.481 e. The lowest BCUT2D eigenvalue weighted by molar-refractivity contribution is -0.137. The van der Waals surface area contributed by atoms with Crippen LogP contribution in [0.1, 0.15) is 84.0 Å². The number of hydrogen-bond donors (Lipinski definition) is 3. The normalized spacial score (nSPS) is 22.7. The van der Waals surface area contributed by atoms with Gasteiger partial charge in [-0.05, 0) is 19.3 Å². The van der Waals surface area contributed by atoms with Crippen LogP contribution in [0.2, 0.25) is 0 Å². The third kappa shape index (κ3) is 9.95. The Kier molecular flexibility index (Phi) is 10.5. The third-order valence-corrected chi connectivity index (χ3v) is 4.59. The molecule has 4 unspecified atom stereocenters. The Morgan fingerprint density at radius 3 is 2.35 bits per heavy atom. The van der Waals surface area contributed by atoms with Crippen molar-refractivity contribution in [1.29, 1.82) is 0 Å². The van der Waals surface area contributed by atoms with Crippen LogP contribution < -0.4 is 0 Å². The molecule has 1 aliphatic heterocycles. The van der Waals surface area contributed by atoms with E-state index in [1.807, 2.05) is 0 Å². The van der Waals surface area contributed by atoms with Crippen LogP contribution in [-0.4, -0.2) is 45.7 Å². The molecule has 136 valence electrons. The van der Waals surface area contributed by atoms with E-state index in [2.05, 4.69) is 6.92 Å². The molecule has 1 rings (SSSR count). The van der Waals surface area contributed by atoms with Crippen molar-refractivity contribution in [1.82, 2.24) is 0 Å². The van der Waals surface area contributed by atoms with Crippen LogP contribution in [0.15, 0.2) is 0 Å². The van der Waals surface area contributed by atoms with E-state index in [0.717, 1.165) is 57.8 Å². The summed E-state index contributed by atoms with van der Waals surface area (Å²) in [5, 5.41) is 28.4. The van der Waals surface area contributed by atoms with Crippen molar-refractivity contribution in [2.45, 2.75) is 108 Å². The molecule has 0 spiro atoms. The van der Waals surface area contributed by atoms with Crippen molar-refractivity contribution in [3.63, 3.8) is 0 Å². The predicted octanol–water partition coefficient (Wildman–Crippen LogP) is 3.26. The third-order valence-electron chi connectivity index (χ3n) is 4.59. The van der Waals surface area contributed by atoms with E-state index < -0.39 is 18.2 Å². The SMILES string of the molecule is CCCCCC(O)C(O)CC1OC1CCCCCCCC(=O)O. The molecule has 0 aromatic carbocycles. The zero-order chi connectivity index (χ0) is 17.1. The van der Waals surface area contributed by atoms with Gasteiger partial charge in [-0.15, -0.1) is 0 Å². The van der Waals surface area contributed by atoms with Crippen LogP contribution >= 0.6 is 0 Å². The number of carboxylic acids is 1. The molecule has 1 aliphatic rings. The van der Waals surface area contributed by atoms with Crippen LogP contribution in [0.4, 0.5) is 0 Å². The highest BCUT2D eigenvalue weighted by atomic mass is 16.6. The van der Waals surface area contributed by atoms with E-state index in [9.17, 15) is 15.0 Å². The molecule has 0 saturated carbocycles. The number of ether oxygens (including phenoxy) is 1. The number of carboxylic acid groups (broad SMARTS) is 1. The first-order valence-electron chi connectivity index (χ1n) is 9.28. The molecule has 23 heavy (non-hydrogen) atoms. The number of epoxide rings is 1. The summed E-state index contributed by atoms with van der Waals surface area (Å²) < 4.78 is 5.57. The van der Waals surface area contributed by atoms with Crippen molar-refractivity contribution in [2.24, 2.45) is 0 Å². The number of carbonyl (C=O) groups is 1. The summed E-state index contributed by atoms with van der Waals surface area (Å²) in [6.45, 7) is 2.12. The lowest BCUT2D eigenvalue weighted by Gasteiger charge is -2.16. The summed E-state index contributed by atoms with van der Waals surface area (Å²) in [5.41, 5.74) is 0. The molecule has 0 aromatic heterocycles. The van der Waals surface area contributed by atoms with Crippen LogP contribution in [0.5, 0.6) is 0 Å². The maximum absolute atomic E-state index is 10.4. The first-order chi connectivity index (χ1) is 11.0. The van der Waals surface area contributed by atoms with Crippen molar-refractivity contribution in [2.75, 3.05) is 0 Å². The maximum Gasteiger partial charge on any atom is 0.303 e. The average Bonchev–Trinajstić information content (AvgIpc) is 3.24. The Hall–Kier alpha value is -0.650. The Balaban J connectivity index is 1.95. The monoisotopic (exact) mass is 330 g/mol. The molecule has 1 saturated heterocycles. The van der Waals surface area contributed by atoms with E-state index in [0.29, 0.717) is 12.8 Å². The van der Waals surface area contributed by atoms with Crippen LogP contribution in [0, 0.1) is 0 Å². The number of hydrogen-bond acceptors (Lipinski definition) is 4. The van der Waals surface area contributed by atoms with Crippen molar-refractivity contribution in [3.8, 4) is 0 Å². The lowest BCUT2D eigenvalue weighted by atomic mass is 10.00. The van der Waals surface area contributed by atoms with E-state index in [4.69, 9.17) is 9.84 Å². The summed E-state index contributed by atoms with van der Waals surface area (Å²) >= 11 is 0. The second-order valence-corrected chi connectivity index (χ2v) is 6.78. The Bertz CT molecular complexity index is 321. The molecule has 0 aromatic rings. The first-order valence-corrected chi connectivity index (χ1v) is 9.28. The molecule has 5 heteroatoms. The molecule has 4 atom stereocenters. The van der Waals surface area contributed by atoms with Gasteiger partial charge in [0.2, 0.25) is 0 Å². The molecule has 0 radical (unpaired) electrons. The minimum Gasteiger partial charge on any atom is -0.481 e. The van der Waals surface area contributed by atoms with Gasteiger partial charge < -0.3 is 20.1 Å². The van der Waals surface area contributed by atoms with Crippen LogP contribution in [0.3, 0.4) is 0 Å². The topological polar surface area (TPSA) is 90.3 Å². The van der Waals surface area contributed by atoms with E-state index in [-0.39, 0.29) is 18.6 Å². The minimum absolute atomic E-state index is 0.109. The first kappa shape index (κ1) is 20.4. The smallest absolute Gasteiger partial charge is 0.303 e. The summed E-state index contributed by atoms with van der Waals surface area (Å²) in [6, 6.07) is 0. The van der Waals surface area contributed by atoms with Gasteiger partial charge in [-0.1, -0.05) is 51.9 Å². The Morgan fingerprint density at radius 1 is 0.957 bits per heavy atom. The van der Waals surface area contributed by atoms with Gasteiger partial charge >= 0.3 is 5.97 Å². The Morgan fingerprint density at radius 2 is 1.65 bits per heavy atom. The van der Waals surface area contributed by atoms with Gasteiger partial charge in [0.1, 0.15) is 0 Å². The number of rotatable bonds is 15. The van der Waals surface area contributed by atoms with Crippen LogP contribution in [-0.2, 0) is 9.53 Å². The maximum atomic E-state index is 10.4. The van der Waals surface area contributed by atoms with E-state index in [1.165, 1.54) is 0 Å². The number of aliphatic carboxylic acids is 1. The van der Waals surface area contributed by atoms with Gasteiger partial charge in [0, 0.05) is 12.8 Å². The highest BCUT2D eigenvalue weighted by molar-refractivity contribution is 5.66. The predicted molar refractivity (Wildman–Crippen MR) is 89.4 cm³/mol. The van der Waals surface area contributed by atoms with E-state index in [1.54, 1.807) is 0 Å². The molecule has 0 bridgehead atoms. The fraction of sp³-hybridized carbons (Fsp3) is 0.944. The zero-order valence-electron chi connectivity index (χ0n) is 14.5. The standard InChI is InChI=1S/C18H34O5/c1-2-3-7-10-14(19)15(20)13-17-16(23-17)11-8-5-4-6-9-12-18(21)22/h14-17,19-20H,2-13H2,1H3,(H,21,22). The molecular formula is C18H34O5. The van der Waals surface area contributed by atoms with Crippen molar-refractivity contribution in [3.05, 3.63) is 0 Å². The van der Waals surface area contributed by atoms with Gasteiger partial charge in [0.05, 0.1) is 24.4 Å². The summed E-state index contributed by atoms with van der Waals surface area (Å²) in [4.78, 5) is 10.4. The molecule has 0 aliphatic carbocycles. The highest BCUT2D eigenvalue weighted by Crippen LogP contribution is 2.32. The van der Waals surface area contributed by atoms with Gasteiger partial charge in [-0.3, -0.25) is 4.79 Å². The lowest BCUT2D eigenvalue weighted by Crippen LogP contribution is -2.27. The molecule has 3 N–H and O–H groups in total. The second-order valence-electron chi connectivity index (χ2n) is 6.78. The molecule has 5 nitrogen and oxygen atoms in total. The zero-order valence-corrected chi connectivity index (χ0v) is 14.5. The van der Waals surface area contributed by atoms with E-state index >= 15 is 0 Å². The van der Waals surface area contributed by atoms with Crippen molar-refractivity contribution >= 4 is 5.97 Å². The second kappa shape index (κ2) is 11.8. The Labute approximate surface area is 140 Å². The van der Waals surface area contributed by atoms with Gasteiger partial charge in [0.25, 0.3) is 0 Å². The fourth-order valence-corrected chi connectivity index (χ4v) is 2.98. The summed E-state index contributed by atoms with van der Waals surface area (Å²) in [6.07, 6.45) is 9.72. The number of unbranched alkanes of at least 4 members (excludes halogenated alkanes) is 6.